The lowest BCUT2D eigenvalue weighted by atomic mass is 10.1. The average molecular weight is 370 g/mol. The lowest BCUT2D eigenvalue weighted by molar-refractivity contribution is 0.0914. The Labute approximate surface area is 158 Å². The van der Waals surface area contributed by atoms with E-state index in [2.05, 4.69) is 15.5 Å². The first-order valence-electron chi connectivity index (χ1n) is 9.31. The minimum Gasteiger partial charge on any atom is -0.468 e. The van der Waals surface area contributed by atoms with Crippen molar-refractivity contribution in [2.24, 2.45) is 5.73 Å². The van der Waals surface area contributed by atoms with Gasteiger partial charge in [0.05, 0.1) is 12.3 Å². The molecule has 27 heavy (non-hydrogen) atoms. The van der Waals surface area contributed by atoms with Gasteiger partial charge in [-0.25, -0.2) is 4.79 Å². The molecule has 0 radical (unpaired) electrons. The van der Waals surface area contributed by atoms with Gasteiger partial charge in [0.15, 0.2) is 0 Å². The van der Waals surface area contributed by atoms with Gasteiger partial charge in [-0.1, -0.05) is 18.6 Å². The molecule has 1 aromatic carbocycles. The van der Waals surface area contributed by atoms with Crippen molar-refractivity contribution in [1.29, 1.82) is 0 Å². The number of nitrogens with zero attached hydrogens (tertiary/aromatic N) is 1. The molecule has 0 aliphatic carbocycles. The zero-order chi connectivity index (χ0) is 19.1. The number of amides is 3. The van der Waals surface area contributed by atoms with Gasteiger partial charge in [0, 0.05) is 18.7 Å². The van der Waals surface area contributed by atoms with Crippen LogP contribution in [0.4, 0.5) is 4.79 Å². The number of carbonyl (C=O) groups is 2. The van der Waals surface area contributed by atoms with Crippen LogP contribution in [-0.2, 0) is 6.54 Å². The summed E-state index contributed by atoms with van der Waals surface area (Å²) in [7, 11) is 0. The molecule has 3 rings (SSSR count). The fourth-order valence-corrected chi connectivity index (χ4v) is 3.38. The van der Waals surface area contributed by atoms with Crippen LogP contribution in [0.3, 0.4) is 0 Å². The van der Waals surface area contributed by atoms with E-state index < -0.39 is 6.03 Å². The van der Waals surface area contributed by atoms with Gasteiger partial charge in [0.25, 0.3) is 5.91 Å². The number of nitrogens with two attached hydrogens (primary N) is 1. The lowest BCUT2D eigenvalue weighted by Crippen LogP contribution is -2.40. The number of likely N-dealkylation sites (tertiary alicyclic amines) is 1. The van der Waals surface area contributed by atoms with Crippen molar-refractivity contribution in [3.63, 3.8) is 0 Å². The fraction of sp³-hybridized carbons (Fsp3) is 0.400. The Morgan fingerprint density at radius 2 is 1.81 bits per heavy atom. The third-order valence-electron chi connectivity index (χ3n) is 4.84. The van der Waals surface area contributed by atoms with E-state index in [1.54, 1.807) is 30.5 Å². The molecular formula is C20H26N4O3. The van der Waals surface area contributed by atoms with Gasteiger partial charge in [0.1, 0.15) is 5.76 Å². The summed E-state index contributed by atoms with van der Waals surface area (Å²) in [5, 5.41) is 5.55. The van der Waals surface area contributed by atoms with Crippen molar-refractivity contribution in [2.45, 2.75) is 31.8 Å². The predicted molar refractivity (Wildman–Crippen MR) is 102 cm³/mol. The third-order valence-corrected chi connectivity index (χ3v) is 4.84. The minimum atomic E-state index is -0.571. The highest BCUT2D eigenvalue weighted by molar-refractivity contribution is 5.94. The zero-order valence-electron chi connectivity index (χ0n) is 15.3. The van der Waals surface area contributed by atoms with E-state index in [0.717, 1.165) is 24.4 Å². The highest BCUT2D eigenvalue weighted by Crippen LogP contribution is 2.24. The van der Waals surface area contributed by atoms with E-state index >= 15 is 0 Å². The maximum atomic E-state index is 12.5. The SMILES string of the molecule is NC(=O)NCc1ccc(C(=O)NC[C@@H](c2ccco2)N2CCCCC2)cc1. The average Bonchev–Trinajstić information content (AvgIpc) is 3.22. The van der Waals surface area contributed by atoms with Gasteiger partial charge in [-0.2, -0.15) is 0 Å². The molecular weight excluding hydrogens is 344 g/mol. The second-order valence-corrected chi connectivity index (χ2v) is 6.75. The summed E-state index contributed by atoms with van der Waals surface area (Å²) in [6.45, 7) is 2.87. The van der Waals surface area contributed by atoms with Crippen LogP contribution < -0.4 is 16.4 Å². The molecule has 1 aliphatic rings. The summed E-state index contributed by atoms with van der Waals surface area (Å²) in [5.41, 5.74) is 6.52. The molecule has 4 N–H and O–H groups in total. The first-order valence-corrected chi connectivity index (χ1v) is 9.31. The number of carbonyl (C=O) groups excluding carboxylic acids is 2. The van der Waals surface area contributed by atoms with Gasteiger partial charge in [0.2, 0.25) is 0 Å². The molecule has 0 bridgehead atoms. The number of hydrogen-bond acceptors (Lipinski definition) is 4. The number of primary amides is 1. The summed E-state index contributed by atoms with van der Waals surface area (Å²) < 4.78 is 5.61. The number of rotatable bonds is 7. The molecule has 3 amide bonds. The number of urea groups is 1. The van der Waals surface area contributed by atoms with Crippen LogP contribution in [0.2, 0.25) is 0 Å². The van der Waals surface area contributed by atoms with Crippen LogP contribution >= 0.6 is 0 Å². The molecule has 1 fully saturated rings. The largest absolute Gasteiger partial charge is 0.468 e. The highest BCUT2D eigenvalue weighted by atomic mass is 16.3. The number of nitrogens with one attached hydrogen (secondary N) is 2. The first-order chi connectivity index (χ1) is 13.1. The molecule has 2 heterocycles. The Morgan fingerprint density at radius 1 is 1.07 bits per heavy atom. The first kappa shape index (κ1) is 19.0. The van der Waals surface area contributed by atoms with E-state index in [9.17, 15) is 9.59 Å². The normalized spacial score (nSPS) is 15.9. The van der Waals surface area contributed by atoms with Gasteiger partial charge >= 0.3 is 6.03 Å². The smallest absolute Gasteiger partial charge is 0.312 e. The molecule has 7 heteroatoms. The van der Waals surface area contributed by atoms with E-state index in [0.29, 0.717) is 18.7 Å². The topological polar surface area (TPSA) is 101 Å². The van der Waals surface area contributed by atoms with Crippen LogP contribution in [0.25, 0.3) is 0 Å². The van der Waals surface area contributed by atoms with Gasteiger partial charge < -0.3 is 20.8 Å². The molecule has 7 nitrogen and oxygen atoms in total. The third kappa shape index (κ3) is 5.34. The summed E-state index contributed by atoms with van der Waals surface area (Å²) in [4.78, 5) is 25.7. The summed E-state index contributed by atoms with van der Waals surface area (Å²) >= 11 is 0. The van der Waals surface area contributed by atoms with Crippen molar-refractivity contribution < 1.29 is 14.0 Å². The number of benzene rings is 1. The van der Waals surface area contributed by atoms with Gasteiger partial charge in [-0.15, -0.1) is 0 Å². The molecule has 2 aromatic rings. The van der Waals surface area contributed by atoms with Crippen LogP contribution in [0.5, 0.6) is 0 Å². The molecule has 1 aromatic heterocycles. The van der Waals surface area contributed by atoms with Gasteiger partial charge in [-0.3, -0.25) is 9.69 Å². The van der Waals surface area contributed by atoms with E-state index in [1.165, 1.54) is 19.3 Å². The maximum Gasteiger partial charge on any atom is 0.312 e. The summed E-state index contributed by atoms with van der Waals surface area (Å²) in [6, 6.07) is 10.4. The standard InChI is InChI=1S/C20H26N4O3/c21-20(26)23-13-15-6-8-16(9-7-15)19(25)22-14-17(18-5-4-12-27-18)24-10-2-1-3-11-24/h4-9,12,17H,1-3,10-11,13-14H2,(H,22,25)(H3,21,23,26)/t17-/m0/s1. The molecule has 1 saturated heterocycles. The van der Waals surface area contributed by atoms with Crippen molar-refractivity contribution in [3.05, 3.63) is 59.5 Å². The number of hydrogen-bond donors (Lipinski definition) is 3. The highest BCUT2D eigenvalue weighted by Gasteiger charge is 2.25. The monoisotopic (exact) mass is 370 g/mol. The van der Waals surface area contributed by atoms with E-state index in [1.807, 2.05) is 12.1 Å². The quantitative estimate of drug-likeness (QED) is 0.697. The van der Waals surface area contributed by atoms with Crippen LogP contribution in [0.15, 0.2) is 47.1 Å². The second kappa shape index (κ2) is 9.23. The number of furan rings is 1. The Bertz CT molecular complexity index is 737. The maximum absolute atomic E-state index is 12.5. The molecule has 0 unspecified atom stereocenters. The van der Waals surface area contributed by atoms with Crippen LogP contribution in [0.1, 0.15) is 47.0 Å². The van der Waals surface area contributed by atoms with Crippen molar-refractivity contribution in [2.75, 3.05) is 19.6 Å². The Balaban J connectivity index is 1.59. The summed E-state index contributed by atoms with van der Waals surface area (Å²) in [6.07, 6.45) is 5.27. The van der Waals surface area contributed by atoms with E-state index in [-0.39, 0.29) is 11.9 Å². The Hall–Kier alpha value is -2.80. The van der Waals surface area contributed by atoms with Crippen LogP contribution in [0, 0.1) is 0 Å². The molecule has 1 aliphatic heterocycles. The van der Waals surface area contributed by atoms with E-state index in [4.69, 9.17) is 10.2 Å². The molecule has 144 valence electrons. The summed E-state index contributed by atoms with van der Waals surface area (Å²) in [5.74, 6) is 0.753. The second-order valence-electron chi connectivity index (χ2n) is 6.75. The van der Waals surface area contributed by atoms with Gasteiger partial charge in [-0.05, 0) is 55.8 Å². The molecule has 0 saturated carbocycles. The van der Waals surface area contributed by atoms with Crippen molar-refractivity contribution in [3.8, 4) is 0 Å². The predicted octanol–water partition coefficient (Wildman–Crippen LogP) is 2.40. The Kier molecular flexibility index (Phi) is 6.49. The lowest BCUT2D eigenvalue weighted by Gasteiger charge is -2.33. The van der Waals surface area contributed by atoms with Crippen molar-refractivity contribution >= 4 is 11.9 Å². The van der Waals surface area contributed by atoms with Crippen LogP contribution in [-0.4, -0.2) is 36.5 Å². The van der Waals surface area contributed by atoms with Crippen molar-refractivity contribution in [1.82, 2.24) is 15.5 Å². The zero-order valence-corrected chi connectivity index (χ0v) is 15.3. The molecule has 1 atom stereocenters. The molecule has 0 spiro atoms. The minimum absolute atomic E-state index is 0.0447. The fourth-order valence-electron chi connectivity index (χ4n) is 3.38. The number of piperidine rings is 1. The Morgan fingerprint density at radius 3 is 2.44 bits per heavy atom.